The Morgan fingerprint density at radius 3 is 2.68 bits per heavy atom. The van der Waals surface area contributed by atoms with Crippen LogP contribution in [0, 0.1) is 17.7 Å². The number of alkyl halides is 3. The number of carbonyl (C=O) groups excluding carboxylic acids is 1. The molecule has 3 N–H and O–H groups in total. The number of benzene rings is 1. The Labute approximate surface area is 124 Å². The highest BCUT2D eigenvalue weighted by Crippen LogP contribution is 2.34. The third kappa shape index (κ3) is 3.75. The number of rotatable bonds is 4. The van der Waals surface area contributed by atoms with Gasteiger partial charge >= 0.3 is 6.18 Å². The molecule has 1 amide bonds. The molecule has 2 rings (SSSR count). The van der Waals surface area contributed by atoms with E-state index < -0.39 is 36.3 Å². The van der Waals surface area contributed by atoms with Gasteiger partial charge < -0.3 is 15.7 Å². The lowest BCUT2D eigenvalue weighted by atomic mass is 9.94. The molecule has 1 aliphatic heterocycles. The number of aliphatic hydroxyl groups is 1. The standard InChI is InChI=1S/C14H16F4N2O2/c15-12-3-8(1-2-9(12)7-21)4-20-13(22)10-5-19-6-11(10)14(16,17)18/h1-3,10-11,19,21H,4-7H2,(H,20,22)/t10-,11-/m1/s1. The van der Waals surface area contributed by atoms with Gasteiger partial charge in [-0.15, -0.1) is 0 Å². The minimum atomic E-state index is -4.43. The molecule has 1 aromatic rings. The van der Waals surface area contributed by atoms with Crippen LogP contribution in [0.1, 0.15) is 11.1 Å². The molecular weight excluding hydrogens is 304 g/mol. The SMILES string of the molecule is O=C(NCc1ccc(CO)c(F)c1)[C@@H]1CNC[C@H]1C(F)(F)F. The van der Waals surface area contributed by atoms with Crippen LogP contribution in [0.25, 0.3) is 0 Å². The maximum Gasteiger partial charge on any atom is 0.393 e. The third-order valence-electron chi connectivity index (χ3n) is 3.73. The number of carbonyl (C=O) groups is 1. The summed E-state index contributed by atoms with van der Waals surface area (Å²) in [6.07, 6.45) is -4.43. The number of halogens is 4. The Bertz CT molecular complexity index is 548. The number of nitrogens with one attached hydrogen (secondary N) is 2. The van der Waals surface area contributed by atoms with Crippen molar-refractivity contribution in [1.29, 1.82) is 0 Å². The Kier molecular flexibility index (Phi) is 5.02. The predicted octanol–water partition coefficient (Wildman–Crippen LogP) is 1.33. The van der Waals surface area contributed by atoms with Crippen molar-refractivity contribution in [1.82, 2.24) is 10.6 Å². The molecule has 1 aliphatic rings. The molecule has 0 spiro atoms. The Balaban J connectivity index is 1.96. The lowest BCUT2D eigenvalue weighted by molar-refractivity contribution is -0.182. The van der Waals surface area contributed by atoms with Crippen LogP contribution in [0.2, 0.25) is 0 Å². The van der Waals surface area contributed by atoms with Crippen molar-refractivity contribution in [3.63, 3.8) is 0 Å². The van der Waals surface area contributed by atoms with Crippen LogP contribution in [-0.4, -0.2) is 30.3 Å². The van der Waals surface area contributed by atoms with Gasteiger partial charge in [-0.2, -0.15) is 13.2 Å². The summed E-state index contributed by atoms with van der Waals surface area (Å²) < 4.78 is 51.8. The van der Waals surface area contributed by atoms with E-state index in [2.05, 4.69) is 10.6 Å². The molecule has 22 heavy (non-hydrogen) atoms. The van der Waals surface area contributed by atoms with Crippen LogP contribution >= 0.6 is 0 Å². The summed E-state index contributed by atoms with van der Waals surface area (Å²) in [5.41, 5.74) is 0.532. The van der Waals surface area contributed by atoms with E-state index in [4.69, 9.17) is 5.11 Å². The summed E-state index contributed by atoms with van der Waals surface area (Å²) in [5, 5.41) is 13.8. The van der Waals surface area contributed by atoms with Gasteiger partial charge in [0, 0.05) is 25.2 Å². The monoisotopic (exact) mass is 320 g/mol. The van der Waals surface area contributed by atoms with Crippen molar-refractivity contribution in [3.8, 4) is 0 Å². The van der Waals surface area contributed by atoms with Gasteiger partial charge in [-0.05, 0) is 11.6 Å². The Morgan fingerprint density at radius 2 is 2.09 bits per heavy atom. The summed E-state index contributed by atoms with van der Waals surface area (Å²) in [4.78, 5) is 11.9. The van der Waals surface area contributed by atoms with E-state index in [-0.39, 0.29) is 25.2 Å². The van der Waals surface area contributed by atoms with E-state index in [0.717, 1.165) is 6.07 Å². The second kappa shape index (κ2) is 6.62. The first-order valence-electron chi connectivity index (χ1n) is 6.76. The molecule has 2 atom stereocenters. The van der Waals surface area contributed by atoms with E-state index >= 15 is 0 Å². The van der Waals surface area contributed by atoms with E-state index in [1.165, 1.54) is 12.1 Å². The fourth-order valence-electron chi connectivity index (χ4n) is 2.45. The minimum Gasteiger partial charge on any atom is -0.392 e. The quantitative estimate of drug-likeness (QED) is 0.734. The predicted molar refractivity (Wildman–Crippen MR) is 70.1 cm³/mol. The topological polar surface area (TPSA) is 61.4 Å². The van der Waals surface area contributed by atoms with Crippen molar-refractivity contribution in [2.45, 2.75) is 19.3 Å². The lowest BCUT2D eigenvalue weighted by Gasteiger charge is -2.20. The van der Waals surface area contributed by atoms with Crippen LogP contribution in [-0.2, 0) is 17.9 Å². The van der Waals surface area contributed by atoms with E-state index in [1.807, 2.05) is 0 Å². The third-order valence-corrected chi connectivity index (χ3v) is 3.73. The fraction of sp³-hybridized carbons (Fsp3) is 0.500. The summed E-state index contributed by atoms with van der Waals surface area (Å²) in [7, 11) is 0. The average molecular weight is 320 g/mol. The van der Waals surface area contributed by atoms with Gasteiger partial charge in [-0.25, -0.2) is 4.39 Å². The van der Waals surface area contributed by atoms with Gasteiger partial charge in [0.05, 0.1) is 18.4 Å². The highest BCUT2D eigenvalue weighted by molar-refractivity contribution is 5.79. The van der Waals surface area contributed by atoms with Crippen LogP contribution < -0.4 is 10.6 Å². The van der Waals surface area contributed by atoms with E-state index in [1.54, 1.807) is 0 Å². The minimum absolute atomic E-state index is 0.0339. The average Bonchev–Trinajstić information content (AvgIpc) is 2.94. The maximum absolute atomic E-state index is 13.5. The first-order chi connectivity index (χ1) is 10.3. The second-order valence-electron chi connectivity index (χ2n) is 5.21. The first kappa shape index (κ1) is 16.7. The summed E-state index contributed by atoms with van der Waals surface area (Å²) in [6.45, 7) is -0.822. The molecule has 0 aliphatic carbocycles. The number of aliphatic hydroxyl groups excluding tert-OH is 1. The van der Waals surface area contributed by atoms with Crippen molar-refractivity contribution < 1.29 is 27.5 Å². The molecule has 0 unspecified atom stereocenters. The summed E-state index contributed by atoms with van der Waals surface area (Å²) in [5.74, 6) is -4.22. The molecule has 1 aromatic carbocycles. The molecule has 0 aromatic heterocycles. The number of hydrogen-bond acceptors (Lipinski definition) is 3. The van der Waals surface area contributed by atoms with E-state index in [9.17, 15) is 22.4 Å². The van der Waals surface area contributed by atoms with Crippen LogP contribution in [0.15, 0.2) is 18.2 Å². The molecule has 1 saturated heterocycles. The Hall–Kier alpha value is -1.67. The summed E-state index contributed by atoms with van der Waals surface area (Å²) >= 11 is 0. The van der Waals surface area contributed by atoms with Gasteiger partial charge in [0.1, 0.15) is 5.82 Å². The van der Waals surface area contributed by atoms with Crippen molar-refractivity contribution in [2.24, 2.45) is 11.8 Å². The molecule has 4 nitrogen and oxygen atoms in total. The van der Waals surface area contributed by atoms with Crippen LogP contribution in [0.5, 0.6) is 0 Å². The molecular formula is C14H16F4N2O2. The van der Waals surface area contributed by atoms with Crippen LogP contribution in [0.3, 0.4) is 0 Å². The zero-order valence-electron chi connectivity index (χ0n) is 11.6. The van der Waals surface area contributed by atoms with E-state index in [0.29, 0.717) is 5.56 Å². The second-order valence-corrected chi connectivity index (χ2v) is 5.21. The fourth-order valence-corrected chi connectivity index (χ4v) is 2.45. The van der Waals surface area contributed by atoms with Gasteiger partial charge in [-0.3, -0.25) is 4.79 Å². The number of hydrogen-bond donors (Lipinski definition) is 3. The van der Waals surface area contributed by atoms with Gasteiger partial charge in [-0.1, -0.05) is 12.1 Å². The van der Waals surface area contributed by atoms with Crippen molar-refractivity contribution in [2.75, 3.05) is 13.1 Å². The first-order valence-corrected chi connectivity index (χ1v) is 6.76. The molecule has 0 radical (unpaired) electrons. The van der Waals surface area contributed by atoms with Crippen molar-refractivity contribution in [3.05, 3.63) is 35.1 Å². The van der Waals surface area contributed by atoms with Gasteiger partial charge in [0.2, 0.25) is 5.91 Å². The Morgan fingerprint density at radius 1 is 1.36 bits per heavy atom. The largest absolute Gasteiger partial charge is 0.393 e. The molecule has 0 saturated carbocycles. The normalized spacial score (nSPS) is 21.9. The smallest absolute Gasteiger partial charge is 0.392 e. The number of amides is 1. The van der Waals surface area contributed by atoms with Gasteiger partial charge in [0.15, 0.2) is 0 Å². The lowest BCUT2D eigenvalue weighted by Crippen LogP contribution is -2.39. The van der Waals surface area contributed by atoms with Gasteiger partial charge in [0.25, 0.3) is 0 Å². The molecule has 1 heterocycles. The molecule has 8 heteroatoms. The molecule has 0 bridgehead atoms. The van der Waals surface area contributed by atoms with Crippen molar-refractivity contribution >= 4 is 5.91 Å². The molecule has 1 fully saturated rings. The zero-order valence-corrected chi connectivity index (χ0v) is 11.6. The summed E-state index contributed by atoms with van der Waals surface area (Å²) in [6, 6.07) is 4.01. The highest BCUT2D eigenvalue weighted by atomic mass is 19.4. The molecule has 122 valence electrons. The zero-order chi connectivity index (χ0) is 16.3. The van der Waals surface area contributed by atoms with Crippen LogP contribution in [0.4, 0.5) is 17.6 Å². The highest BCUT2D eigenvalue weighted by Gasteiger charge is 2.49. The maximum atomic E-state index is 13.5.